The molecular weight excluding hydrogens is 326 g/mol. The van der Waals surface area contributed by atoms with Crippen molar-refractivity contribution < 1.29 is 13.2 Å². The number of hydrogen-bond donors (Lipinski definition) is 0. The number of nitrogens with zero attached hydrogens (tertiary/aromatic N) is 3. The van der Waals surface area contributed by atoms with E-state index in [0.717, 1.165) is 18.5 Å². The van der Waals surface area contributed by atoms with Crippen LogP contribution >= 0.6 is 0 Å². The van der Waals surface area contributed by atoms with Crippen LogP contribution in [-0.2, 0) is 14.8 Å². The molecule has 1 aromatic carbocycles. The lowest BCUT2D eigenvalue weighted by atomic mass is 10.2. The molecule has 1 aliphatic heterocycles. The summed E-state index contributed by atoms with van der Waals surface area (Å²) in [4.78, 5) is 16.1. The second-order valence-corrected chi connectivity index (χ2v) is 8.45. The van der Waals surface area contributed by atoms with Crippen molar-refractivity contribution in [2.45, 2.75) is 31.2 Å². The van der Waals surface area contributed by atoms with Crippen molar-refractivity contribution in [3.05, 3.63) is 29.8 Å². The summed E-state index contributed by atoms with van der Waals surface area (Å²) in [6.45, 7) is 5.99. The summed E-state index contributed by atoms with van der Waals surface area (Å²) in [5, 5.41) is 0. The number of rotatable bonds is 4. The van der Waals surface area contributed by atoms with E-state index < -0.39 is 10.0 Å². The quantitative estimate of drug-likeness (QED) is 0.815. The molecule has 0 spiro atoms. The highest BCUT2D eigenvalue weighted by atomic mass is 32.2. The molecule has 1 aliphatic rings. The van der Waals surface area contributed by atoms with Gasteiger partial charge in [0.05, 0.1) is 10.9 Å². The van der Waals surface area contributed by atoms with E-state index in [1.54, 1.807) is 31.1 Å². The third-order valence-corrected chi connectivity index (χ3v) is 6.41. The van der Waals surface area contributed by atoms with Gasteiger partial charge in [0.1, 0.15) is 0 Å². The SMILES string of the molecule is Cc1ccc(S(=O)(=O)N2CCCN(C(C)C(=O)N(C)C)CC2)cc1. The number of carbonyl (C=O) groups is 1. The molecule has 1 atom stereocenters. The molecular formula is C17H27N3O3S. The van der Waals surface area contributed by atoms with Crippen molar-refractivity contribution in [1.82, 2.24) is 14.1 Å². The van der Waals surface area contributed by atoms with Crippen molar-refractivity contribution >= 4 is 15.9 Å². The molecule has 1 amide bonds. The highest BCUT2D eigenvalue weighted by molar-refractivity contribution is 7.89. The van der Waals surface area contributed by atoms with Crippen LogP contribution in [0.2, 0.25) is 0 Å². The number of benzene rings is 1. The van der Waals surface area contributed by atoms with Gasteiger partial charge in [0.25, 0.3) is 0 Å². The van der Waals surface area contributed by atoms with Crippen LogP contribution in [0.3, 0.4) is 0 Å². The number of carbonyl (C=O) groups excluding carboxylic acids is 1. The third kappa shape index (κ3) is 4.15. The Balaban J connectivity index is 2.10. The Morgan fingerprint density at radius 3 is 2.29 bits per heavy atom. The molecule has 2 rings (SSSR count). The van der Waals surface area contributed by atoms with Gasteiger partial charge in [-0.1, -0.05) is 17.7 Å². The first kappa shape index (κ1) is 18.9. The summed E-state index contributed by atoms with van der Waals surface area (Å²) in [6, 6.07) is 6.71. The van der Waals surface area contributed by atoms with Crippen molar-refractivity contribution in [3.63, 3.8) is 0 Å². The average Bonchev–Trinajstić information content (AvgIpc) is 2.80. The van der Waals surface area contributed by atoms with Gasteiger partial charge in [0.2, 0.25) is 15.9 Å². The molecule has 1 unspecified atom stereocenters. The fourth-order valence-electron chi connectivity index (χ4n) is 2.93. The minimum Gasteiger partial charge on any atom is -0.347 e. The van der Waals surface area contributed by atoms with Crippen LogP contribution in [0.5, 0.6) is 0 Å². The van der Waals surface area contributed by atoms with Gasteiger partial charge < -0.3 is 4.90 Å². The van der Waals surface area contributed by atoms with Gasteiger partial charge in [0, 0.05) is 40.3 Å². The maximum atomic E-state index is 12.8. The monoisotopic (exact) mass is 353 g/mol. The summed E-state index contributed by atoms with van der Waals surface area (Å²) in [5.74, 6) is 0.0461. The lowest BCUT2D eigenvalue weighted by Gasteiger charge is -2.28. The van der Waals surface area contributed by atoms with Crippen LogP contribution in [0.25, 0.3) is 0 Å². The molecule has 0 radical (unpaired) electrons. The van der Waals surface area contributed by atoms with Crippen LogP contribution in [0.4, 0.5) is 0 Å². The van der Waals surface area contributed by atoms with Crippen LogP contribution in [0.1, 0.15) is 18.9 Å². The van der Waals surface area contributed by atoms with Crippen LogP contribution in [0.15, 0.2) is 29.2 Å². The fourth-order valence-corrected chi connectivity index (χ4v) is 4.40. The van der Waals surface area contributed by atoms with E-state index in [9.17, 15) is 13.2 Å². The zero-order valence-electron chi connectivity index (χ0n) is 14.9. The van der Waals surface area contributed by atoms with Gasteiger partial charge in [0.15, 0.2) is 0 Å². The topological polar surface area (TPSA) is 60.9 Å². The molecule has 7 heteroatoms. The first-order chi connectivity index (χ1) is 11.2. The van der Waals surface area contributed by atoms with E-state index in [4.69, 9.17) is 0 Å². The van der Waals surface area contributed by atoms with Crippen LogP contribution in [0, 0.1) is 6.92 Å². The minimum atomic E-state index is -3.48. The minimum absolute atomic E-state index is 0.0461. The smallest absolute Gasteiger partial charge is 0.243 e. The Bertz CT molecular complexity index is 671. The lowest BCUT2D eigenvalue weighted by Crippen LogP contribution is -2.46. The first-order valence-corrected chi connectivity index (χ1v) is 9.69. The fraction of sp³-hybridized carbons (Fsp3) is 0.588. The number of aryl methyl sites for hydroxylation is 1. The number of amides is 1. The van der Waals surface area contributed by atoms with Gasteiger partial charge >= 0.3 is 0 Å². The van der Waals surface area contributed by atoms with E-state index in [1.165, 1.54) is 4.31 Å². The molecule has 134 valence electrons. The van der Waals surface area contributed by atoms with Crippen LogP contribution < -0.4 is 0 Å². The molecule has 1 fully saturated rings. The highest BCUT2D eigenvalue weighted by Crippen LogP contribution is 2.19. The van der Waals surface area contributed by atoms with E-state index in [0.29, 0.717) is 24.5 Å². The zero-order chi connectivity index (χ0) is 17.9. The van der Waals surface area contributed by atoms with Crippen molar-refractivity contribution in [2.24, 2.45) is 0 Å². The van der Waals surface area contributed by atoms with E-state index in [-0.39, 0.29) is 11.9 Å². The maximum Gasteiger partial charge on any atom is 0.243 e. The first-order valence-electron chi connectivity index (χ1n) is 8.25. The van der Waals surface area contributed by atoms with Crippen molar-refractivity contribution in [3.8, 4) is 0 Å². The summed E-state index contributed by atoms with van der Waals surface area (Å²) < 4.78 is 27.1. The van der Waals surface area contributed by atoms with E-state index >= 15 is 0 Å². The maximum absolute atomic E-state index is 12.8. The molecule has 24 heavy (non-hydrogen) atoms. The van der Waals surface area contributed by atoms with Crippen molar-refractivity contribution in [2.75, 3.05) is 40.3 Å². The molecule has 0 N–H and O–H groups in total. The molecule has 0 saturated carbocycles. The highest BCUT2D eigenvalue weighted by Gasteiger charge is 2.30. The Kier molecular flexibility index (Phi) is 6.01. The lowest BCUT2D eigenvalue weighted by molar-refractivity contribution is -0.133. The number of likely N-dealkylation sites (N-methyl/N-ethyl adjacent to an activating group) is 1. The Morgan fingerprint density at radius 1 is 1.08 bits per heavy atom. The molecule has 1 aromatic rings. The summed E-state index contributed by atoms with van der Waals surface area (Å²) >= 11 is 0. The van der Waals surface area contributed by atoms with E-state index in [2.05, 4.69) is 4.90 Å². The molecule has 0 aliphatic carbocycles. The predicted octanol–water partition coefficient (Wildman–Crippen LogP) is 1.17. The Hall–Kier alpha value is -1.44. The summed E-state index contributed by atoms with van der Waals surface area (Å²) in [7, 11) is 0.00525. The predicted molar refractivity (Wildman–Crippen MR) is 94.3 cm³/mol. The Labute approximate surface area is 145 Å². The largest absolute Gasteiger partial charge is 0.347 e. The number of hydrogen-bond acceptors (Lipinski definition) is 4. The van der Waals surface area contributed by atoms with E-state index in [1.807, 2.05) is 26.0 Å². The average molecular weight is 353 g/mol. The second kappa shape index (κ2) is 7.63. The van der Waals surface area contributed by atoms with Gasteiger partial charge in [-0.05, 0) is 32.4 Å². The van der Waals surface area contributed by atoms with Crippen molar-refractivity contribution in [1.29, 1.82) is 0 Å². The third-order valence-electron chi connectivity index (χ3n) is 4.49. The molecule has 6 nitrogen and oxygen atoms in total. The molecule has 1 heterocycles. The summed E-state index contributed by atoms with van der Waals surface area (Å²) in [6.07, 6.45) is 0.718. The molecule has 0 bridgehead atoms. The van der Waals surface area contributed by atoms with Crippen LogP contribution in [-0.4, -0.2) is 74.7 Å². The summed E-state index contributed by atoms with van der Waals surface area (Å²) in [5.41, 5.74) is 1.03. The molecule has 0 aromatic heterocycles. The second-order valence-electron chi connectivity index (χ2n) is 6.52. The zero-order valence-corrected chi connectivity index (χ0v) is 15.7. The number of sulfonamides is 1. The van der Waals surface area contributed by atoms with Gasteiger partial charge in [-0.3, -0.25) is 9.69 Å². The van der Waals surface area contributed by atoms with Gasteiger partial charge in [-0.25, -0.2) is 8.42 Å². The normalized spacial score (nSPS) is 18.8. The standard InChI is InChI=1S/C17H27N3O3S/c1-14-6-8-16(9-7-14)24(22,23)20-11-5-10-19(12-13-20)15(2)17(21)18(3)4/h6-9,15H,5,10-13H2,1-4H3. The van der Waals surface area contributed by atoms with Gasteiger partial charge in [-0.15, -0.1) is 0 Å². The Morgan fingerprint density at radius 2 is 1.71 bits per heavy atom. The van der Waals surface area contributed by atoms with Gasteiger partial charge in [-0.2, -0.15) is 4.31 Å². The molecule has 1 saturated heterocycles.